The lowest BCUT2D eigenvalue weighted by atomic mass is 9.37. The maximum Gasteiger partial charge on any atom is 0.205 e. The highest BCUT2D eigenvalue weighted by atomic mass is 16.6. The van der Waals surface area contributed by atoms with E-state index in [4.69, 9.17) is 9.47 Å². The molecule has 6 rings (SSSR count). The van der Waals surface area contributed by atoms with E-state index in [2.05, 4.69) is 0 Å². The Hall–Kier alpha value is -1.08. The smallest absolute Gasteiger partial charge is 0.205 e. The van der Waals surface area contributed by atoms with Gasteiger partial charge in [-0.15, -0.1) is 0 Å². The third-order valence-corrected chi connectivity index (χ3v) is 8.69. The normalized spacial score (nSPS) is 54.8. The molecule has 6 heteroatoms. The number of aliphatic hydroxyl groups is 2. The molecule has 0 aromatic rings. The van der Waals surface area contributed by atoms with Gasteiger partial charge in [-0.1, -0.05) is 19.9 Å². The Bertz CT molecular complexity index is 758. The zero-order valence-corrected chi connectivity index (χ0v) is 16.1. The number of hydrogen-bond acceptors (Lipinski definition) is 6. The fraction of sp³-hybridized carbons (Fsp3) is 0.810. The third kappa shape index (κ3) is 1.69. The van der Waals surface area contributed by atoms with Gasteiger partial charge in [-0.2, -0.15) is 0 Å². The number of methoxy groups -OCH3 is 1. The first-order valence-electron chi connectivity index (χ1n) is 9.98. The molecule has 8 unspecified atom stereocenters. The molecule has 6 aliphatic rings. The van der Waals surface area contributed by atoms with Gasteiger partial charge in [0.25, 0.3) is 0 Å². The second-order valence-corrected chi connectivity index (χ2v) is 9.96. The number of allylic oxidation sites excluding steroid dienone is 2. The molecule has 2 N–H and O–H groups in total. The summed E-state index contributed by atoms with van der Waals surface area (Å²) in [4.78, 5) is 26.9. The topological polar surface area (TPSA) is 93.1 Å². The molecule has 6 nitrogen and oxygen atoms in total. The number of aliphatic hydroxyl groups excluding tert-OH is 1. The summed E-state index contributed by atoms with van der Waals surface area (Å²) in [5.74, 6) is -3.08. The Morgan fingerprint density at radius 2 is 2.04 bits per heavy atom. The van der Waals surface area contributed by atoms with Crippen molar-refractivity contribution in [3.63, 3.8) is 0 Å². The molecule has 2 saturated heterocycles. The summed E-state index contributed by atoms with van der Waals surface area (Å²) >= 11 is 0. The summed E-state index contributed by atoms with van der Waals surface area (Å²) in [7, 11) is 1.57. The molecule has 0 radical (unpaired) electrons. The van der Waals surface area contributed by atoms with Crippen LogP contribution in [0.15, 0.2) is 12.2 Å². The van der Waals surface area contributed by atoms with Crippen LogP contribution in [0.4, 0.5) is 0 Å². The molecule has 2 heterocycles. The molecule has 4 aliphatic carbocycles. The number of carbonyl (C=O) groups excluding carboxylic acids is 2. The van der Waals surface area contributed by atoms with Gasteiger partial charge in [0.2, 0.25) is 5.79 Å². The number of fused-ring (bicyclic) bond motifs is 2. The Morgan fingerprint density at radius 3 is 2.74 bits per heavy atom. The van der Waals surface area contributed by atoms with Gasteiger partial charge in [-0.05, 0) is 42.6 Å². The van der Waals surface area contributed by atoms with Crippen molar-refractivity contribution in [2.24, 2.45) is 39.9 Å². The van der Waals surface area contributed by atoms with E-state index in [1.54, 1.807) is 13.2 Å². The lowest BCUT2D eigenvalue weighted by Crippen LogP contribution is -2.82. The average Bonchev–Trinajstić information content (AvgIpc) is 2.83. The fourth-order valence-electron chi connectivity index (χ4n) is 7.75. The lowest BCUT2D eigenvalue weighted by Gasteiger charge is -2.71. The molecule has 148 valence electrons. The van der Waals surface area contributed by atoms with E-state index in [1.165, 1.54) is 0 Å². The van der Waals surface area contributed by atoms with Crippen LogP contribution in [0, 0.1) is 39.9 Å². The summed E-state index contributed by atoms with van der Waals surface area (Å²) in [6, 6.07) is 0. The Morgan fingerprint density at radius 1 is 1.30 bits per heavy atom. The molecule has 0 amide bonds. The van der Waals surface area contributed by atoms with Gasteiger partial charge in [0.05, 0.1) is 24.0 Å². The molecule has 3 saturated carbocycles. The summed E-state index contributed by atoms with van der Waals surface area (Å²) in [5.41, 5.74) is -2.65. The highest BCUT2D eigenvalue weighted by Crippen LogP contribution is 2.75. The largest absolute Gasteiger partial charge is 0.387 e. The van der Waals surface area contributed by atoms with Crippen molar-refractivity contribution in [1.29, 1.82) is 0 Å². The standard InChI is InChI=1S/C21H28O6/c1-18(2)7-6-14(22)19-10-27-21(25,17(24)15(18)19)20-8-11(4-5-13(19)20)12(9-26-3)16(20)23/h6-7,11-13,15,17,24-25H,4-5,8-10H2,1-3H3. The van der Waals surface area contributed by atoms with Gasteiger partial charge in [-0.3, -0.25) is 9.59 Å². The molecule has 0 aromatic heterocycles. The van der Waals surface area contributed by atoms with E-state index in [9.17, 15) is 19.8 Å². The van der Waals surface area contributed by atoms with E-state index >= 15 is 0 Å². The molecule has 5 fully saturated rings. The number of rotatable bonds is 2. The van der Waals surface area contributed by atoms with Crippen molar-refractivity contribution in [1.82, 2.24) is 0 Å². The third-order valence-electron chi connectivity index (χ3n) is 8.69. The number of hydrogen-bond donors (Lipinski definition) is 2. The van der Waals surface area contributed by atoms with Crippen molar-refractivity contribution in [2.45, 2.75) is 45.0 Å². The minimum absolute atomic E-state index is 0.0666. The van der Waals surface area contributed by atoms with Gasteiger partial charge in [-0.25, -0.2) is 0 Å². The summed E-state index contributed by atoms with van der Waals surface area (Å²) in [6.07, 6.45) is 4.15. The van der Waals surface area contributed by atoms with Crippen LogP contribution in [-0.2, 0) is 19.1 Å². The quantitative estimate of drug-likeness (QED) is 0.750. The first-order chi connectivity index (χ1) is 12.7. The Kier molecular flexibility index (Phi) is 3.39. The lowest BCUT2D eigenvalue weighted by molar-refractivity contribution is -0.422. The number of Topliss-reactive ketones (excluding diaryl/α,β-unsaturated/α-hetero) is 1. The monoisotopic (exact) mass is 376 g/mol. The highest BCUT2D eigenvalue weighted by molar-refractivity contribution is 6.00. The number of carbonyl (C=O) groups is 2. The summed E-state index contributed by atoms with van der Waals surface area (Å²) in [5, 5.41) is 23.0. The van der Waals surface area contributed by atoms with Crippen LogP contribution >= 0.6 is 0 Å². The van der Waals surface area contributed by atoms with Crippen LogP contribution in [0.3, 0.4) is 0 Å². The molecule has 8 atom stereocenters. The second-order valence-electron chi connectivity index (χ2n) is 9.96. The van der Waals surface area contributed by atoms with Crippen LogP contribution in [0.5, 0.6) is 0 Å². The van der Waals surface area contributed by atoms with Crippen molar-refractivity contribution in [2.75, 3.05) is 20.3 Å². The maximum atomic E-state index is 13.7. The Labute approximate surface area is 158 Å². The molecule has 0 aromatic carbocycles. The molecule has 2 aliphatic heterocycles. The molecular formula is C21H28O6. The van der Waals surface area contributed by atoms with E-state index in [1.807, 2.05) is 19.9 Å². The first kappa shape index (κ1) is 18.0. The van der Waals surface area contributed by atoms with Gasteiger partial charge in [0.15, 0.2) is 11.6 Å². The minimum atomic E-state index is -1.94. The van der Waals surface area contributed by atoms with Gasteiger partial charge in [0, 0.05) is 18.9 Å². The molecule has 4 bridgehead atoms. The van der Waals surface area contributed by atoms with Gasteiger partial charge >= 0.3 is 0 Å². The predicted molar refractivity (Wildman–Crippen MR) is 94.4 cm³/mol. The number of ketones is 2. The van der Waals surface area contributed by atoms with E-state index in [-0.39, 0.29) is 35.9 Å². The van der Waals surface area contributed by atoms with Crippen LogP contribution < -0.4 is 0 Å². The van der Waals surface area contributed by atoms with Crippen LogP contribution in [0.2, 0.25) is 0 Å². The summed E-state index contributed by atoms with van der Waals surface area (Å²) in [6.45, 7) is 4.34. The van der Waals surface area contributed by atoms with Crippen molar-refractivity contribution in [3.05, 3.63) is 12.2 Å². The van der Waals surface area contributed by atoms with Crippen LogP contribution in [0.25, 0.3) is 0 Å². The van der Waals surface area contributed by atoms with Crippen LogP contribution in [-0.4, -0.2) is 54.0 Å². The second kappa shape index (κ2) is 5.09. The van der Waals surface area contributed by atoms with Gasteiger partial charge in [0.1, 0.15) is 6.10 Å². The number of ether oxygens (including phenoxy) is 2. The van der Waals surface area contributed by atoms with Crippen molar-refractivity contribution < 1.29 is 29.3 Å². The molecular weight excluding hydrogens is 348 g/mol. The predicted octanol–water partition coefficient (Wildman–Crippen LogP) is 1.10. The fourth-order valence-corrected chi connectivity index (χ4v) is 7.75. The SMILES string of the molecule is COCC1C(=O)C23CC1CCC2C12COC3(O)C(O)C1C(C)(C)C=CC2=O. The minimum Gasteiger partial charge on any atom is -0.387 e. The molecule has 27 heavy (non-hydrogen) atoms. The Balaban J connectivity index is 1.74. The van der Waals surface area contributed by atoms with Crippen molar-refractivity contribution >= 4 is 11.6 Å². The highest BCUT2D eigenvalue weighted by Gasteiger charge is 2.84. The van der Waals surface area contributed by atoms with Gasteiger partial charge < -0.3 is 19.7 Å². The van der Waals surface area contributed by atoms with E-state index in [0.29, 0.717) is 19.4 Å². The average molecular weight is 376 g/mol. The zero-order chi connectivity index (χ0) is 19.4. The van der Waals surface area contributed by atoms with Crippen molar-refractivity contribution in [3.8, 4) is 0 Å². The van der Waals surface area contributed by atoms with E-state index in [0.717, 1.165) is 6.42 Å². The maximum absolute atomic E-state index is 13.7. The van der Waals surface area contributed by atoms with Crippen LogP contribution in [0.1, 0.15) is 33.1 Å². The summed E-state index contributed by atoms with van der Waals surface area (Å²) < 4.78 is 11.2. The zero-order valence-electron chi connectivity index (χ0n) is 16.1. The first-order valence-corrected chi connectivity index (χ1v) is 9.98. The molecule has 2 spiro atoms. The van der Waals surface area contributed by atoms with E-state index < -0.39 is 34.1 Å².